The fourth-order valence-corrected chi connectivity index (χ4v) is 3.44. The van der Waals surface area contributed by atoms with Crippen molar-refractivity contribution in [3.63, 3.8) is 0 Å². The van der Waals surface area contributed by atoms with Gasteiger partial charge in [-0.2, -0.15) is 0 Å². The van der Waals surface area contributed by atoms with Gasteiger partial charge in [0.1, 0.15) is 0 Å². The van der Waals surface area contributed by atoms with Crippen LogP contribution in [-0.4, -0.2) is 22.5 Å². The first-order valence-corrected chi connectivity index (χ1v) is 9.79. The van der Waals surface area contributed by atoms with Crippen LogP contribution in [0.5, 0.6) is 0 Å². The molecule has 0 radical (unpaired) electrons. The molecule has 1 atom stereocenters. The maximum absolute atomic E-state index is 12.3. The molecular weight excluding hydrogens is 376 g/mol. The third kappa shape index (κ3) is 4.47. The monoisotopic (exact) mass is 400 g/mol. The molecule has 3 rings (SSSR count). The largest absolute Gasteiger partial charge is 0.449 e. The number of halogens is 1. The van der Waals surface area contributed by atoms with E-state index in [1.807, 2.05) is 6.92 Å². The summed E-state index contributed by atoms with van der Waals surface area (Å²) in [5.41, 5.74) is 4.70. The van der Waals surface area contributed by atoms with Crippen LogP contribution in [0.1, 0.15) is 48.3 Å². The van der Waals surface area contributed by atoms with E-state index in [9.17, 15) is 9.59 Å². The number of benzene rings is 1. The Labute approximate surface area is 170 Å². The van der Waals surface area contributed by atoms with E-state index in [0.717, 1.165) is 16.8 Å². The molecule has 2 aromatic rings. The molecule has 28 heavy (non-hydrogen) atoms. The van der Waals surface area contributed by atoms with Gasteiger partial charge < -0.3 is 14.6 Å². The smallest absolute Gasteiger partial charge is 0.331 e. The number of aromatic nitrogens is 1. The number of carbonyl (C=O) groups excluding carboxylic acids is 2. The first-order valence-electron chi connectivity index (χ1n) is 9.41. The number of amides is 1. The number of rotatable bonds is 6. The summed E-state index contributed by atoms with van der Waals surface area (Å²) in [6.07, 6.45) is 4.61. The van der Waals surface area contributed by atoms with Crippen molar-refractivity contribution in [3.05, 3.63) is 57.9 Å². The van der Waals surface area contributed by atoms with Crippen LogP contribution in [-0.2, 0) is 14.3 Å². The first-order chi connectivity index (χ1) is 13.3. The zero-order valence-electron chi connectivity index (χ0n) is 16.6. The predicted molar refractivity (Wildman–Crippen MR) is 112 cm³/mol. The van der Waals surface area contributed by atoms with Crippen LogP contribution >= 0.6 is 11.6 Å². The minimum absolute atomic E-state index is 0.404. The molecule has 1 N–H and O–H groups in total. The summed E-state index contributed by atoms with van der Waals surface area (Å²) < 4.78 is 7.55. The van der Waals surface area contributed by atoms with Gasteiger partial charge in [0.15, 0.2) is 6.10 Å². The standard InChI is InChI=1S/C22H25ClN2O3/c1-13-12-17(15(3)25(13)18-9-10-18)8-11-21(26)28-16(4)22(27)24-20-7-5-6-19(23)14(20)2/h5-8,11-12,16,18H,9-10H2,1-4H3,(H,24,27)/b11-8+/t16-/m1/s1. The SMILES string of the molecule is Cc1c(Cl)cccc1NC(=O)[C@@H](C)OC(=O)/C=C/c1cc(C)n(C2CC2)c1C. The maximum atomic E-state index is 12.3. The number of ether oxygens (including phenoxy) is 1. The zero-order valence-corrected chi connectivity index (χ0v) is 17.3. The molecular formula is C22H25ClN2O3. The second kappa shape index (κ2) is 8.23. The highest BCUT2D eigenvalue weighted by Gasteiger charge is 2.26. The number of nitrogens with one attached hydrogen (secondary N) is 1. The second-order valence-electron chi connectivity index (χ2n) is 7.24. The van der Waals surface area contributed by atoms with Gasteiger partial charge in [-0.25, -0.2) is 4.79 Å². The molecule has 1 heterocycles. The van der Waals surface area contributed by atoms with Gasteiger partial charge in [-0.3, -0.25) is 4.79 Å². The van der Waals surface area contributed by atoms with E-state index >= 15 is 0 Å². The Morgan fingerprint density at radius 1 is 1.29 bits per heavy atom. The summed E-state index contributed by atoms with van der Waals surface area (Å²) in [7, 11) is 0. The highest BCUT2D eigenvalue weighted by Crippen LogP contribution is 2.38. The molecule has 0 unspecified atom stereocenters. The molecule has 1 fully saturated rings. The zero-order chi connectivity index (χ0) is 20.4. The van der Waals surface area contributed by atoms with Crippen LogP contribution < -0.4 is 5.32 Å². The Hall–Kier alpha value is -2.53. The van der Waals surface area contributed by atoms with E-state index in [1.54, 1.807) is 31.2 Å². The van der Waals surface area contributed by atoms with Crippen molar-refractivity contribution in [2.45, 2.75) is 52.7 Å². The molecule has 148 valence electrons. The summed E-state index contributed by atoms with van der Waals surface area (Å²) >= 11 is 6.06. The van der Waals surface area contributed by atoms with Gasteiger partial charge in [0.25, 0.3) is 5.91 Å². The molecule has 0 bridgehead atoms. The Morgan fingerprint density at radius 2 is 2.00 bits per heavy atom. The molecule has 1 aromatic carbocycles. The van der Waals surface area contributed by atoms with Crippen molar-refractivity contribution in [3.8, 4) is 0 Å². The van der Waals surface area contributed by atoms with E-state index in [-0.39, 0.29) is 0 Å². The van der Waals surface area contributed by atoms with Crippen molar-refractivity contribution < 1.29 is 14.3 Å². The quantitative estimate of drug-likeness (QED) is 0.549. The minimum Gasteiger partial charge on any atom is -0.449 e. The van der Waals surface area contributed by atoms with Crippen molar-refractivity contribution in [2.75, 3.05) is 5.32 Å². The molecule has 1 aromatic heterocycles. The molecule has 1 amide bonds. The van der Waals surface area contributed by atoms with Gasteiger partial charge in [-0.15, -0.1) is 0 Å². The number of hydrogen-bond donors (Lipinski definition) is 1. The normalized spacial score (nSPS) is 14.9. The molecule has 0 aliphatic heterocycles. The van der Waals surface area contributed by atoms with Crippen LogP contribution in [0.3, 0.4) is 0 Å². The fourth-order valence-electron chi connectivity index (χ4n) is 3.27. The molecule has 1 aliphatic rings. The van der Waals surface area contributed by atoms with E-state index in [4.69, 9.17) is 16.3 Å². The van der Waals surface area contributed by atoms with Gasteiger partial charge in [-0.1, -0.05) is 17.7 Å². The highest BCUT2D eigenvalue weighted by atomic mass is 35.5. The third-order valence-electron chi connectivity index (χ3n) is 5.02. The third-order valence-corrected chi connectivity index (χ3v) is 5.43. The van der Waals surface area contributed by atoms with E-state index in [2.05, 4.69) is 29.8 Å². The van der Waals surface area contributed by atoms with Crippen molar-refractivity contribution in [1.29, 1.82) is 0 Å². The van der Waals surface area contributed by atoms with E-state index < -0.39 is 18.0 Å². The van der Waals surface area contributed by atoms with Gasteiger partial charge in [0.05, 0.1) is 0 Å². The van der Waals surface area contributed by atoms with Gasteiger partial charge in [0, 0.05) is 34.2 Å². The summed E-state index contributed by atoms with van der Waals surface area (Å²) in [5, 5.41) is 3.31. The average Bonchev–Trinajstić information content (AvgIpc) is 3.42. The lowest BCUT2D eigenvalue weighted by Gasteiger charge is -2.14. The lowest BCUT2D eigenvalue weighted by atomic mass is 10.2. The topological polar surface area (TPSA) is 60.3 Å². The Balaban J connectivity index is 1.59. The predicted octanol–water partition coefficient (Wildman–Crippen LogP) is 4.99. The van der Waals surface area contributed by atoms with E-state index in [0.29, 0.717) is 16.8 Å². The van der Waals surface area contributed by atoms with Gasteiger partial charge >= 0.3 is 5.97 Å². The Bertz CT molecular complexity index is 941. The number of hydrogen-bond acceptors (Lipinski definition) is 3. The molecule has 1 aliphatic carbocycles. The van der Waals surface area contributed by atoms with Crippen LogP contribution in [0.15, 0.2) is 30.3 Å². The van der Waals surface area contributed by atoms with Gasteiger partial charge in [-0.05, 0) is 75.9 Å². The Kier molecular flexibility index (Phi) is 5.94. The summed E-state index contributed by atoms with van der Waals surface area (Å²) in [6.45, 7) is 7.49. The summed E-state index contributed by atoms with van der Waals surface area (Å²) in [6, 6.07) is 7.91. The average molecular weight is 401 g/mol. The molecule has 0 spiro atoms. The number of carbonyl (C=O) groups is 2. The number of nitrogens with zero attached hydrogens (tertiary/aromatic N) is 1. The van der Waals surface area contributed by atoms with Crippen LogP contribution in [0, 0.1) is 20.8 Å². The van der Waals surface area contributed by atoms with E-state index in [1.165, 1.54) is 24.6 Å². The highest BCUT2D eigenvalue weighted by molar-refractivity contribution is 6.31. The molecule has 5 nitrogen and oxygen atoms in total. The van der Waals surface area contributed by atoms with Crippen molar-refractivity contribution in [1.82, 2.24) is 4.57 Å². The molecule has 1 saturated carbocycles. The molecule has 6 heteroatoms. The fraction of sp³-hybridized carbons (Fsp3) is 0.364. The van der Waals surface area contributed by atoms with Gasteiger partial charge in [0.2, 0.25) is 0 Å². The summed E-state index contributed by atoms with van der Waals surface area (Å²) in [4.78, 5) is 24.4. The lowest BCUT2D eigenvalue weighted by molar-refractivity contribution is -0.148. The van der Waals surface area contributed by atoms with Crippen LogP contribution in [0.2, 0.25) is 5.02 Å². The van der Waals surface area contributed by atoms with Crippen molar-refractivity contribution in [2.24, 2.45) is 0 Å². The second-order valence-corrected chi connectivity index (χ2v) is 7.65. The number of anilines is 1. The minimum atomic E-state index is -0.922. The van der Waals surface area contributed by atoms with Crippen molar-refractivity contribution >= 4 is 35.2 Å². The number of aryl methyl sites for hydroxylation is 1. The van der Waals surface area contributed by atoms with Crippen LogP contribution in [0.25, 0.3) is 6.08 Å². The maximum Gasteiger partial charge on any atom is 0.331 e. The Morgan fingerprint density at radius 3 is 2.68 bits per heavy atom. The lowest BCUT2D eigenvalue weighted by Crippen LogP contribution is -2.29. The van der Waals surface area contributed by atoms with Crippen LogP contribution in [0.4, 0.5) is 5.69 Å². The number of esters is 1. The first kappa shape index (κ1) is 20.2. The molecule has 0 saturated heterocycles. The summed E-state index contributed by atoms with van der Waals surface area (Å²) in [5.74, 6) is -0.958.